The number of aliphatic hydroxyl groups is 1. The fourth-order valence-electron chi connectivity index (χ4n) is 3.61. The van der Waals surface area contributed by atoms with Crippen LogP contribution >= 0.6 is 0 Å². The average molecular weight is 311 g/mol. The standard InChI is InChI=1S/C17H21N5O/c18-17-20-13-6-3-4-12(13)16(22-17)21-15(10-8-11(23)9-10)14-5-1-2-7-19-14/h1-2,5,7,10-11,15,23H,3-4,6,8-9H2,(H3,18,20,21,22). The molecular formula is C17H21N5O. The van der Waals surface area contributed by atoms with Gasteiger partial charge in [-0.1, -0.05) is 6.07 Å². The van der Waals surface area contributed by atoms with Gasteiger partial charge in [-0.25, -0.2) is 4.98 Å². The van der Waals surface area contributed by atoms with Crippen LogP contribution in [0, 0.1) is 5.92 Å². The SMILES string of the molecule is Nc1nc2c(c(NC(c3ccccn3)C3CC(O)C3)n1)CCC2. The second kappa shape index (κ2) is 5.77. The van der Waals surface area contributed by atoms with Gasteiger partial charge in [0.25, 0.3) is 0 Å². The summed E-state index contributed by atoms with van der Waals surface area (Å²) in [5, 5.41) is 13.2. The Bertz CT molecular complexity index is 700. The van der Waals surface area contributed by atoms with Crippen molar-refractivity contribution in [2.24, 2.45) is 5.92 Å². The van der Waals surface area contributed by atoms with Gasteiger partial charge < -0.3 is 16.2 Å². The minimum Gasteiger partial charge on any atom is -0.393 e. The zero-order valence-corrected chi connectivity index (χ0v) is 12.9. The van der Waals surface area contributed by atoms with Crippen molar-refractivity contribution in [2.75, 3.05) is 11.1 Å². The number of nitrogen functional groups attached to an aromatic ring is 1. The third kappa shape index (κ3) is 2.74. The van der Waals surface area contributed by atoms with Gasteiger partial charge in [-0.05, 0) is 50.2 Å². The third-order valence-corrected chi connectivity index (χ3v) is 4.87. The maximum absolute atomic E-state index is 9.69. The molecule has 2 heterocycles. The molecule has 0 amide bonds. The van der Waals surface area contributed by atoms with Gasteiger partial charge in [0.2, 0.25) is 5.95 Å². The first kappa shape index (κ1) is 14.4. The maximum atomic E-state index is 9.69. The van der Waals surface area contributed by atoms with E-state index in [1.807, 2.05) is 18.2 Å². The van der Waals surface area contributed by atoms with Crippen LogP contribution in [0.15, 0.2) is 24.4 Å². The van der Waals surface area contributed by atoms with Crippen LogP contribution in [-0.2, 0) is 12.8 Å². The Morgan fingerprint density at radius 2 is 2.09 bits per heavy atom. The lowest BCUT2D eigenvalue weighted by atomic mass is 9.76. The number of aromatic nitrogens is 3. The number of aryl methyl sites for hydroxylation is 1. The van der Waals surface area contributed by atoms with E-state index in [2.05, 4.69) is 20.3 Å². The molecule has 0 saturated heterocycles. The molecule has 2 aliphatic rings. The number of nitrogens with zero attached hydrogens (tertiary/aromatic N) is 3. The van der Waals surface area contributed by atoms with Crippen LogP contribution in [0.1, 0.15) is 42.3 Å². The van der Waals surface area contributed by atoms with E-state index in [0.29, 0.717) is 11.9 Å². The number of fused-ring (bicyclic) bond motifs is 1. The van der Waals surface area contributed by atoms with Gasteiger partial charge in [0.05, 0.1) is 23.5 Å². The number of hydrogen-bond donors (Lipinski definition) is 3. The minimum absolute atomic E-state index is 0.0404. The normalized spacial score (nSPS) is 23.9. The quantitative estimate of drug-likeness (QED) is 0.797. The van der Waals surface area contributed by atoms with E-state index in [-0.39, 0.29) is 12.1 Å². The number of nitrogens with two attached hydrogens (primary N) is 1. The molecule has 1 fully saturated rings. The largest absolute Gasteiger partial charge is 0.393 e. The van der Waals surface area contributed by atoms with Crippen LogP contribution in [0.2, 0.25) is 0 Å². The number of nitrogens with one attached hydrogen (secondary N) is 1. The van der Waals surface area contributed by atoms with Gasteiger partial charge in [0.1, 0.15) is 5.82 Å². The first-order valence-corrected chi connectivity index (χ1v) is 8.21. The first-order valence-electron chi connectivity index (χ1n) is 8.21. The summed E-state index contributed by atoms with van der Waals surface area (Å²) in [7, 11) is 0. The van der Waals surface area contributed by atoms with Crippen molar-refractivity contribution < 1.29 is 5.11 Å². The van der Waals surface area contributed by atoms with Gasteiger partial charge in [0.15, 0.2) is 0 Å². The lowest BCUT2D eigenvalue weighted by Gasteiger charge is -2.38. The summed E-state index contributed by atoms with van der Waals surface area (Å²) in [5.74, 6) is 1.51. The molecule has 1 saturated carbocycles. The highest BCUT2D eigenvalue weighted by Crippen LogP contribution is 2.40. The summed E-state index contributed by atoms with van der Waals surface area (Å²) in [6, 6.07) is 5.97. The summed E-state index contributed by atoms with van der Waals surface area (Å²) in [6.45, 7) is 0. The molecular weight excluding hydrogens is 290 g/mol. The molecule has 4 N–H and O–H groups in total. The summed E-state index contributed by atoms with van der Waals surface area (Å²) >= 11 is 0. The highest BCUT2D eigenvalue weighted by Gasteiger charge is 2.36. The van der Waals surface area contributed by atoms with E-state index in [9.17, 15) is 5.11 Å². The summed E-state index contributed by atoms with van der Waals surface area (Å²) in [6.07, 6.45) is 6.23. The molecule has 0 spiro atoms. The second-order valence-corrected chi connectivity index (χ2v) is 6.47. The molecule has 1 unspecified atom stereocenters. The van der Waals surface area contributed by atoms with Gasteiger partial charge in [-0.15, -0.1) is 0 Å². The Kier molecular flexibility index (Phi) is 3.61. The predicted molar refractivity (Wildman–Crippen MR) is 87.8 cm³/mol. The molecule has 0 bridgehead atoms. The number of aliphatic hydroxyl groups excluding tert-OH is 1. The first-order chi connectivity index (χ1) is 11.2. The van der Waals surface area contributed by atoms with E-state index < -0.39 is 0 Å². The zero-order chi connectivity index (χ0) is 15.8. The van der Waals surface area contributed by atoms with Crippen molar-refractivity contribution in [1.29, 1.82) is 0 Å². The molecule has 0 aromatic carbocycles. The Labute approximate surface area is 135 Å². The molecule has 6 nitrogen and oxygen atoms in total. The van der Waals surface area contributed by atoms with Crippen LogP contribution in [-0.4, -0.2) is 26.2 Å². The number of hydrogen-bond acceptors (Lipinski definition) is 6. The fraction of sp³-hybridized carbons (Fsp3) is 0.471. The number of pyridine rings is 1. The molecule has 1 atom stereocenters. The lowest BCUT2D eigenvalue weighted by molar-refractivity contribution is 0.0333. The molecule has 2 aliphatic carbocycles. The molecule has 0 radical (unpaired) electrons. The molecule has 23 heavy (non-hydrogen) atoms. The summed E-state index contributed by atoms with van der Waals surface area (Å²) in [4.78, 5) is 13.3. The lowest BCUT2D eigenvalue weighted by Crippen LogP contribution is -2.36. The highest BCUT2D eigenvalue weighted by atomic mass is 16.3. The number of anilines is 2. The topological polar surface area (TPSA) is 97.0 Å². The fourth-order valence-corrected chi connectivity index (χ4v) is 3.61. The average Bonchev–Trinajstić information content (AvgIpc) is 2.99. The van der Waals surface area contributed by atoms with Crippen LogP contribution in [0.5, 0.6) is 0 Å². The van der Waals surface area contributed by atoms with Crippen LogP contribution in [0.3, 0.4) is 0 Å². The molecule has 2 aromatic rings. The van der Waals surface area contributed by atoms with Crippen LogP contribution in [0.4, 0.5) is 11.8 Å². The Morgan fingerprint density at radius 1 is 1.22 bits per heavy atom. The highest BCUT2D eigenvalue weighted by molar-refractivity contribution is 5.52. The minimum atomic E-state index is -0.200. The molecule has 4 rings (SSSR count). The number of rotatable bonds is 4. The Hall–Kier alpha value is -2.21. The Morgan fingerprint density at radius 3 is 2.83 bits per heavy atom. The molecule has 0 aliphatic heterocycles. The maximum Gasteiger partial charge on any atom is 0.222 e. The zero-order valence-electron chi connectivity index (χ0n) is 12.9. The van der Waals surface area contributed by atoms with Crippen LogP contribution in [0.25, 0.3) is 0 Å². The van der Waals surface area contributed by atoms with E-state index in [4.69, 9.17) is 5.73 Å². The van der Waals surface area contributed by atoms with Crippen molar-refractivity contribution in [2.45, 2.75) is 44.2 Å². The van der Waals surface area contributed by atoms with Crippen molar-refractivity contribution in [3.8, 4) is 0 Å². The Balaban J connectivity index is 1.66. The van der Waals surface area contributed by atoms with Gasteiger partial charge in [0, 0.05) is 11.8 Å². The van der Waals surface area contributed by atoms with E-state index >= 15 is 0 Å². The van der Waals surface area contributed by atoms with E-state index in [1.54, 1.807) is 6.20 Å². The smallest absolute Gasteiger partial charge is 0.222 e. The van der Waals surface area contributed by atoms with E-state index in [0.717, 1.165) is 49.3 Å². The van der Waals surface area contributed by atoms with Gasteiger partial charge in [-0.2, -0.15) is 4.98 Å². The van der Waals surface area contributed by atoms with Crippen molar-refractivity contribution >= 4 is 11.8 Å². The monoisotopic (exact) mass is 311 g/mol. The van der Waals surface area contributed by atoms with Gasteiger partial charge in [-0.3, -0.25) is 4.98 Å². The van der Waals surface area contributed by atoms with Gasteiger partial charge >= 0.3 is 0 Å². The van der Waals surface area contributed by atoms with Crippen molar-refractivity contribution in [3.63, 3.8) is 0 Å². The summed E-state index contributed by atoms with van der Waals surface area (Å²) < 4.78 is 0. The van der Waals surface area contributed by atoms with Crippen molar-refractivity contribution in [1.82, 2.24) is 15.0 Å². The van der Waals surface area contributed by atoms with E-state index in [1.165, 1.54) is 5.56 Å². The van der Waals surface area contributed by atoms with Crippen LogP contribution < -0.4 is 11.1 Å². The molecule has 2 aromatic heterocycles. The second-order valence-electron chi connectivity index (χ2n) is 6.47. The molecule has 120 valence electrons. The summed E-state index contributed by atoms with van der Waals surface area (Å²) in [5.41, 5.74) is 9.10. The predicted octanol–water partition coefficient (Wildman–Crippen LogP) is 1.87. The third-order valence-electron chi connectivity index (χ3n) is 4.87. The molecule has 6 heteroatoms. The van der Waals surface area contributed by atoms with Crippen molar-refractivity contribution in [3.05, 3.63) is 41.3 Å².